The molecule has 0 aromatic carbocycles. The molecule has 1 aromatic rings. The molecule has 0 fully saturated rings. The fourth-order valence-corrected chi connectivity index (χ4v) is 1.03. The van der Waals surface area contributed by atoms with Gasteiger partial charge in [-0.2, -0.15) is 0 Å². The van der Waals surface area contributed by atoms with Crippen LogP contribution >= 0.6 is 0 Å². The molecule has 0 aliphatic heterocycles. The van der Waals surface area contributed by atoms with Crippen LogP contribution in [0.2, 0.25) is 0 Å². The van der Waals surface area contributed by atoms with Crippen molar-refractivity contribution in [1.82, 2.24) is 4.98 Å². The molecule has 0 aliphatic rings. The largest absolute Gasteiger partial charge is 0.481 e. The Morgan fingerprint density at radius 2 is 2.38 bits per heavy atom. The summed E-state index contributed by atoms with van der Waals surface area (Å²) in [6, 6.07) is 3.35. The Balaban J connectivity index is 2.75. The molecule has 1 atom stereocenters. The summed E-state index contributed by atoms with van der Waals surface area (Å²) in [7, 11) is 1.52. The minimum Gasteiger partial charge on any atom is -0.481 e. The fraction of sp³-hybridized carbons (Fsp3) is 0.444. The molecule has 0 spiro atoms. The van der Waals surface area contributed by atoms with E-state index >= 15 is 0 Å². The quantitative estimate of drug-likeness (QED) is 0.713. The maximum Gasteiger partial charge on any atom is 0.213 e. The number of rotatable bonds is 4. The maximum atomic E-state index is 9.50. The lowest BCUT2D eigenvalue weighted by atomic mass is 10.1. The molecular weight excluding hydrogens is 170 g/mol. The molecule has 0 saturated heterocycles. The van der Waals surface area contributed by atoms with E-state index in [2.05, 4.69) is 4.98 Å². The highest BCUT2D eigenvalue weighted by Crippen LogP contribution is 2.18. The third-order valence-corrected chi connectivity index (χ3v) is 1.76. The predicted molar refractivity (Wildman–Crippen MR) is 47.5 cm³/mol. The first-order valence-electron chi connectivity index (χ1n) is 4.06. The highest BCUT2D eigenvalue weighted by atomic mass is 16.5. The standard InChI is InChI=1S/C9H13NO3/c1-13-9-6-7(2-4-10-9)8(12)3-5-11/h2,4,6,8,11-12H,3,5H2,1H3. The molecule has 1 unspecified atom stereocenters. The smallest absolute Gasteiger partial charge is 0.213 e. The molecule has 1 aromatic heterocycles. The van der Waals surface area contributed by atoms with Gasteiger partial charge >= 0.3 is 0 Å². The Hall–Kier alpha value is -1.13. The van der Waals surface area contributed by atoms with Crippen molar-refractivity contribution in [3.05, 3.63) is 23.9 Å². The average molecular weight is 183 g/mol. The minimum atomic E-state index is -0.651. The fourth-order valence-electron chi connectivity index (χ4n) is 1.03. The predicted octanol–water partition coefficient (Wildman–Crippen LogP) is 0.506. The second-order valence-corrected chi connectivity index (χ2v) is 2.66. The second kappa shape index (κ2) is 4.79. The zero-order chi connectivity index (χ0) is 9.68. The van der Waals surface area contributed by atoms with Gasteiger partial charge in [0, 0.05) is 25.3 Å². The van der Waals surface area contributed by atoms with Gasteiger partial charge in [-0.25, -0.2) is 4.98 Å². The summed E-state index contributed by atoms with van der Waals surface area (Å²) >= 11 is 0. The minimum absolute atomic E-state index is 0.0359. The molecular formula is C9H13NO3. The van der Waals surface area contributed by atoms with Crippen LogP contribution in [-0.4, -0.2) is 28.9 Å². The number of hydrogen-bond donors (Lipinski definition) is 2. The topological polar surface area (TPSA) is 62.6 Å². The van der Waals surface area contributed by atoms with Crippen LogP contribution < -0.4 is 4.74 Å². The zero-order valence-corrected chi connectivity index (χ0v) is 7.47. The van der Waals surface area contributed by atoms with Crippen LogP contribution in [-0.2, 0) is 0 Å². The molecule has 72 valence electrons. The van der Waals surface area contributed by atoms with Crippen LogP contribution in [0.25, 0.3) is 0 Å². The Kier molecular flexibility index (Phi) is 3.67. The Morgan fingerprint density at radius 3 is 3.00 bits per heavy atom. The van der Waals surface area contributed by atoms with Gasteiger partial charge in [-0.05, 0) is 11.6 Å². The summed E-state index contributed by atoms with van der Waals surface area (Å²) in [5.41, 5.74) is 0.709. The molecule has 4 nitrogen and oxygen atoms in total. The number of aliphatic hydroxyl groups excluding tert-OH is 2. The number of aromatic nitrogens is 1. The summed E-state index contributed by atoms with van der Waals surface area (Å²) in [5, 5.41) is 18.1. The van der Waals surface area contributed by atoms with Crippen molar-refractivity contribution in [2.45, 2.75) is 12.5 Å². The molecule has 2 N–H and O–H groups in total. The van der Waals surface area contributed by atoms with Crippen LogP contribution in [0.4, 0.5) is 0 Å². The molecule has 0 bridgehead atoms. The molecule has 0 saturated carbocycles. The van der Waals surface area contributed by atoms with Crippen LogP contribution in [0.5, 0.6) is 5.88 Å². The maximum absolute atomic E-state index is 9.50. The molecule has 4 heteroatoms. The van der Waals surface area contributed by atoms with E-state index in [1.165, 1.54) is 7.11 Å². The molecule has 13 heavy (non-hydrogen) atoms. The lowest BCUT2D eigenvalue weighted by Crippen LogP contribution is -2.01. The lowest BCUT2D eigenvalue weighted by Gasteiger charge is -2.09. The first-order valence-corrected chi connectivity index (χ1v) is 4.06. The monoisotopic (exact) mass is 183 g/mol. The van der Waals surface area contributed by atoms with E-state index in [0.717, 1.165) is 0 Å². The van der Waals surface area contributed by atoms with Crippen molar-refractivity contribution in [2.24, 2.45) is 0 Å². The number of pyridine rings is 1. The second-order valence-electron chi connectivity index (χ2n) is 2.66. The van der Waals surface area contributed by atoms with Crippen molar-refractivity contribution >= 4 is 0 Å². The first-order chi connectivity index (χ1) is 6.27. The van der Waals surface area contributed by atoms with E-state index in [-0.39, 0.29) is 6.61 Å². The first kappa shape index (κ1) is 9.95. The number of aliphatic hydroxyl groups is 2. The van der Waals surface area contributed by atoms with Crippen molar-refractivity contribution in [3.8, 4) is 5.88 Å². The van der Waals surface area contributed by atoms with Gasteiger partial charge in [0.15, 0.2) is 0 Å². The summed E-state index contributed by atoms with van der Waals surface area (Å²) < 4.78 is 4.90. The van der Waals surface area contributed by atoms with Gasteiger partial charge in [-0.1, -0.05) is 0 Å². The Bertz CT molecular complexity index is 265. The van der Waals surface area contributed by atoms with Crippen LogP contribution in [0, 0.1) is 0 Å². The van der Waals surface area contributed by atoms with Gasteiger partial charge in [-0.15, -0.1) is 0 Å². The van der Waals surface area contributed by atoms with Crippen LogP contribution in [0.1, 0.15) is 18.1 Å². The van der Waals surface area contributed by atoms with Gasteiger partial charge in [0.25, 0.3) is 0 Å². The number of nitrogens with zero attached hydrogens (tertiary/aromatic N) is 1. The summed E-state index contributed by atoms with van der Waals surface area (Å²) in [5.74, 6) is 0.467. The van der Waals surface area contributed by atoms with E-state index in [4.69, 9.17) is 9.84 Å². The van der Waals surface area contributed by atoms with E-state index in [9.17, 15) is 5.11 Å². The number of methoxy groups -OCH3 is 1. The molecule has 1 heterocycles. The summed E-state index contributed by atoms with van der Waals surface area (Å²) in [6.45, 7) is -0.0359. The normalized spacial score (nSPS) is 12.5. The van der Waals surface area contributed by atoms with Gasteiger partial charge in [0.05, 0.1) is 13.2 Å². The molecule has 0 aliphatic carbocycles. The number of hydrogen-bond acceptors (Lipinski definition) is 4. The van der Waals surface area contributed by atoms with Crippen molar-refractivity contribution < 1.29 is 14.9 Å². The van der Waals surface area contributed by atoms with E-state index < -0.39 is 6.10 Å². The zero-order valence-electron chi connectivity index (χ0n) is 7.47. The summed E-state index contributed by atoms with van der Waals surface area (Å²) in [4.78, 5) is 3.90. The van der Waals surface area contributed by atoms with Crippen molar-refractivity contribution in [1.29, 1.82) is 0 Å². The molecule has 1 rings (SSSR count). The lowest BCUT2D eigenvalue weighted by molar-refractivity contribution is 0.134. The van der Waals surface area contributed by atoms with Crippen LogP contribution in [0.3, 0.4) is 0 Å². The van der Waals surface area contributed by atoms with Crippen molar-refractivity contribution in [3.63, 3.8) is 0 Å². The highest BCUT2D eigenvalue weighted by Gasteiger charge is 2.07. The van der Waals surface area contributed by atoms with E-state index in [1.54, 1.807) is 18.3 Å². The summed E-state index contributed by atoms with van der Waals surface area (Å²) in [6.07, 6.45) is 1.24. The third kappa shape index (κ3) is 2.68. The van der Waals surface area contributed by atoms with Gasteiger partial charge < -0.3 is 14.9 Å². The SMILES string of the molecule is COc1cc(C(O)CCO)ccn1. The van der Waals surface area contributed by atoms with E-state index in [1.807, 2.05) is 0 Å². The van der Waals surface area contributed by atoms with E-state index in [0.29, 0.717) is 17.9 Å². The van der Waals surface area contributed by atoms with Crippen molar-refractivity contribution in [2.75, 3.05) is 13.7 Å². The van der Waals surface area contributed by atoms with Crippen LogP contribution in [0.15, 0.2) is 18.3 Å². The average Bonchev–Trinajstić information content (AvgIpc) is 2.18. The van der Waals surface area contributed by atoms with Gasteiger partial charge in [-0.3, -0.25) is 0 Å². The molecule has 0 amide bonds. The third-order valence-electron chi connectivity index (χ3n) is 1.76. The Morgan fingerprint density at radius 1 is 1.62 bits per heavy atom. The molecule has 0 radical (unpaired) electrons. The van der Waals surface area contributed by atoms with Gasteiger partial charge in [0.2, 0.25) is 5.88 Å². The number of ether oxygens (including phenoxy) is 1. The highest BCUT2D eigenvalue weighted by molar-refractivity contribution is 5.22. The van der Waals surface area contributed by atoms with Gasteiger partial charge in [0.1, 0.15) is 0 Å². The Labute approximate surface area is 76.8 Å².